The molecule has 0 fully saturated rings. The van der Waals surface area contributed by atoms with E-state index in [1.54, 1.807) is 20.2 Å². The fraction of sp³-hybridized carbons (Fsp3) is 0.481. The first-order valence-corrected chi connectivity index (χ1v) is 12.2. The third kappa shape index (κ3) is 13.5. The predicted octanol–water partition coefficient (Wildman–Crippen LogP) is 3.44. The van der Waals surface area contributed by atoms with Crippen LogP contribution in [0.2, 0.25) is 0 Å². The monoisotopic (exact) mass is 524 g/mol. The maximum Gasteiger partial charge on any atom is 1.00 e. The van der Waals surface area contributed by atoms with E-state index in [0.29, 0.717) is 0 Å². The number of allylic oxidation sites excluding steroid dienone is 3. The Morgan fingerprint density at radius 2 is 1.88 bits per heavy atom. The van der Waals surface area contributed by atoms with Crippen molar-refractivity contribution in [3.05, 3.63) is 69.0 Å². The fourth-order valence-electron chi connectivity index (χ4n) is 2.92. The maximum absolute atomic E-state index is 11.6. The smallest absolute Gasteiger partial charge is 0.362 e. The molecular weight excluding hydrogens is 485 g/mol. The number of nitrogens with zero attached hydrogens (tertiary/aromatic N) is 3. The molecule has 1 amide bonds. The van der Waals surface area contributed by atoms with Crippen molar-refractivity contribution in [1.82, 2.24) is 14.8 Å². The molecule has 0 aliphatic carbocycles. The number of likely N-dealkylation sites (N-methyl/N-ethyl adjacent to an activating group) is 1. The zero-order valence-corrected chi connectivity index (χ0v) is 25.9. The molecule has 1 aromatic rings. The summed E-state index contributed by atoms with van der Waals surface area (Å²) in [5.41, 5.74) is 5.60. The number of carbonyl (C=O) groups is 1. The number of halogens is 1. The third-order valence-corrected chi connectivity index (χ3v) is 5.16. The second kappa shape index (κ2) is 19.3. The van der Waals surface area contributed by atoms with Gasteiger partial charge in [-0.2, -0.15) is 11.6 Å². The van der Waals surface area contributed by atoms with E-state index in [2.05, 4.69) is 57.0 Å². The van der Waals surface area contributed by atoms with Gasteiger partial charge in [0.1, 0.15) is 5.91 Å². The molecule has 1 aliphatic heterocycles. The minimum atomic E-state index is -0.136. The molecule has 33 heavy (non-hydrogen) atoms. The summed E-state index contributed by atoms with van der Waals surface area (Å²) in [4.78, 5) is 19.9. The zero-order chi connectivity index (χ0) is 24.7. The average molecular weight is 526 g/mol. The van der Waals surface area contributed by atoms with Gasteiger partial charge in [0.05, 0.1) is 0 Å². The van der Waals surface area contributed by atoms with Gasteiger partial charge in [-0.15, -0.1) is 6.92 Å². The third-order valence-electron chi connectivity index (χ3n) is 4.47. The van der Waals surface area contributed by atoms with Crippen molar-refractivity contribution in [3.8, 4) is 0 Å². The Kier molecular flexibility index (Phi) is 20.0. The van der Waals surface area contributed by atoms with Crippen LogP contribution in [-0.4, -0.2) is 54.4 Å². The summed E-state index contributed by atoms with van der Waals surface area (Å²) in [5.74, 6) is -0.136. The second-order valence-corrected chi connectivity index (χ2v) is 8.15. The molecule has 0 saturated carbocycles. The second-order valence-electron chi connectivity index (χ2n) is 7.29. The summed E-state index contributed by atoms with van der Waals surface area (Å²) < 4.78 is 1.08. The largest absolute Gasteiger partial charge is 1.00 e. The van der Waals surface area contributed by atoms with E-state index >= 15 is 0 Å². The van der Waals surface area contributed by atoms with Gasteiger partial charge in [0.2, 0.25) is 0 Å². The Morgan fingerprint density at radius 1 is 1.24 bits per heavy atom. The standard InChI is InChI=1S/C23H28BrN3O.2C2H6.Na/c1-17(6-7-23(28)26(4)5)14-20-9-12-27(13-10-20)16-18(2)15-21-19(3)25-11-8-22(21)24;2*1-2;/h6,8-9,11,15H,10,12-13,16H2,1-5H3;2*1-2H3;/q-2;;;+1/b18-15+;;;. The summed E-state index contributed by atoms with van der Waals surface area (Å²) in [5, 5.41) is 0. The molecule has 178 valence electrons. The summed E-state index contributed by atoms with van der Waals surface area (Å²) in [6.07, 6.45) is 15.0. The molecule has 4 nitrogen and oxygen atoms in total. The van der Waals surface area contributed by atoms with Gasteiger partial charge in [-0.25, -0.2) is 6.08 Å². The molecule has 2 heterocycles. The van der Waals surface area contributed by atoms with Crippen LogP contribution in [0.1, 0.15) is 59.2 Å². The molecule has 1 aliphatic rings. The van der Waals surface area contributed by atoms with Crippen LogP contribution >= 0.6 is 15.9 Å². The first kappa shape index (κ1) is 34.2. The minimum absolute atomic E-state index is 0. The number of carbonyl (C=O) groups excluding carboxylic acids is 1. The molecule has 2 rings (SSSR count). The van der Waals surface area contributed by atoms with Gasteiger partial charge in [0, 0.05) is 42.6 Å². The van der Waals surface area contributed by atoms with Gasteiger partial charge < -0.3 is 21.4 Å². The van der Waals surface area contributed by atoms with Crippen molar-refractivity contribution in [2.24, 2.45) is 0 Å². The summed E-state index contributed by atoms with van der Waals surface area (Å²) in [6.45, 7) is 17.0. The summed E-state index contributed by atoms with van der Waals surface area (Å²) >= 11 is 3.61. The SMILES string of the molecule is CC.CC.CC(=[C-]C1=CCN(C/C(C)=C/c2c(Br)ccnc2C)CC1)C=[C-]C(=O)N(C)C.[Na+]. The minimum Gasteiger partial charge on any atom is -0.362 e. The molecule has 6 heteroatoms. The molecule has 0 N–H and O–H groups in total. The molecule has 0 atom stereocenters. The van der Waals surface area contributed by atoms with Gasteiger partial charge in [-0.3, -0.25) is 15.9 Å². The Morgan fingerprint density at radius 3 is 2.39 bits per heavy atom. The Hall–Kier alpha value is -0.980. The van der Waals surface area contributed by atoms with E-state index < -0.39 is 0 Å². The van der Waals surface area contributed by atoms with Gasteiger partial charge in [0.25, 0.3) is 0 Å². The van der Waals surface area contributed by atoms with E-state index in [4.69, 9.17) is 0 Å². The van der Waals surface area contributed by atoms with Crippen LogP contribution in [0, 0.1) is 19.1 Å². The quantitative estimate of drug-likeness (QED) is 0.247. The van der Waals surface area contributed by atoms with Crippen molar-refractivity contribution < 1.29 is 34.4 Å². The van der Waals surface area contributed by atoms with Crippen LogP contribution in [0.15, 0.2) is 45.6 Å². The molecule has 0 aromatic carbocycles. The predicted molar refractivity (Wildman–Crippen MR) is 141 cm³/mol. The number of aryl methyl sites for hydroxylation is 1. The van der Waals surface area contributed by atoms with Crippen molar-refractivity contribution in [3.63, 3.8) is 0 Å². The Labute approximate surface area is 233 Å². The van der Waals surface area contributed by atoms with Gasteiger partial charge in [0.15, 0.2) is 0 Å². The molecule has 0 bridgehead atoms. The Balaban J connectivity index is 0. The van der Waals surface area contributed by atoms with E-state index in [-0.39, 0.29) is 35.5 Å². The van der Waals surface area contributed by atoms with Crippen molar-refractivity contribution in [2.45, 2.75) is 54.9 Å². The van der Waals surface area contributed by atoms with E-state index in [1.165, 1.54) is 16.0 Å². The number of rotatable bonds is 6. The van der Waals surface area contributed by atoms with Crippen molar-refractivity contribution >= 4 is 27.9 Å². The van der Waals surface area contributed by atoms with Gasteiger partial charge >= 0.3 is 29.6 Å². The van der Waals surface area contributed by atoms with E-state index in [1.807, 2.05) is 53.8 Å². The first-order chi connectivity index (χ1) is 15.3. The van der Waals surface area contributed by atoms with E-state index in [9.17, 15) is 4.79 Å². The van der Waals surface area contributed by atoms with Crippen LogP contribution < -0.4 is 29.6 Å². The Bertz CT molecular complexity index is 822. The molecular formula is C27H40BrN3NaO-. The molecule has 0 radical (unpaired) electrons. The van der Waals surface area contributed by atoms with Crippen LogP contribution in [-0.2, 0) is 4.79 Å². The van der Waals surface area contributed by atoms with Crippen molar-refractivity contribution in [1.29, 1.82) is 0 Å². The molecule has 0 spiro atoms. The number of hydrogen-bond donors (Lipinski definition) is 0. The number of aromatic nitrogens is 1. The van der Waals surface area contributed by atoms with Crippen LogP contribution in [0.25, 0.3) is 6.08 Å². The van der Waals surface area contributed by atoms with Crippen LogP contribution in [0.3, 0.4) is 0 Å². The summed E-state index contributed by atoms with van der Waals surface area (Å²) in [6, 6.07) is 1.98. The van der Waals surface area contributed by atoms with E-state index in [0.717, 1.165) is 47.4 Å². The first-order valence-electron chi connectivity index (χ1n) is 11.4. The number of pyridine rings is 1. The number of hydrogen-bond acceptors (Lipinski definition) is 3. The topological polar surface area (TPSA) is 36.4 Å². The molecule has 0 unspecified atom stereocenters. The van der Waals surface area contributed by atoms with Gasteiger partial charge in [-0.05, 0) is 39.4 Å². The van der Waals surface area contributed by atoms with Gasteiger partial charge in [-0.1, -0.05) is 55.3 Å². The number of amides is 1. The van der Waals surface area contributed by atoms with Crippen LogP contribution in [0.4, 0.5) is 0 Å². The molecule has 1 aromatic heterocycles. The normalized spacial score (nSPS) is 14.3. The van der Waals surface area contributed by atoms with Crippen LogP contribution in [0.5, 0.6) is 0 Å². The maximum atomic E-state index is 11.6. The summed E-state index contributed by atoms with van der Waals surface area (Å²) in [7, 11) is 3.43. The zero-order valence-electron chi connectivity index (χ0n) is 22.3. The van der Waals surface area contributed by atoms with Crippen molar-refractivity contribution in [2.75, 3.05) is 33.7 Å². The average Bonchev–Trinajstić information content (AvgIpc) is 2.78. The fourth-order valence-corrected chi connectivity index (χ4v) is 3.44. The molecule has 0 saturated heterocycles.